The zero-order valence-electron chi connectivity index (χ0n) is 20.0. The van der Waals surface area contributed by atoms with Gasteiger partial charge in [0.15, 0.2) is 0 Å². The third kappa shape index (κ3) is 6.21. The predicted molar refractivity (Wildman–Crippen MR) is 130 cm³/mol. The number of carbonyl (C=O) groups is 2. The minimum absolute atomic E-state index is 0.103. The molecule has 0 radical (unpaired) electrons. The highest BCUT2D eigenvalue weighted by Gasteiger charge is 2.43. The Morgan fingerprint density at radius 2 is 1.58 bits per heavy atom. The fourth-order valence-electron chi connectivity index (χ4n) is 4.63. The number of ether oxygens (including phenoxy) is 2. The van der Waals surface area contributed by atoms with Crippen molar-refractivity contribution in [2.24, 2.45) is 0 Å². The quantitative estimate of drug-likeness (QED) is 0.493. The molecule has 1 aliphatic rings. The first-order valence-electron chi connectivity index (χ1n) is 11.9. The van der Waals surface area contributed by atoms with E-state index in [9.17, 15) is 9.59 Å². The van der Waals surface area contributed by atoms with E-state index in [0.717, 1.165) is 37.2 Å². The first kappa shape index (κ1) is 24.9. The summed E-state index contributed by atoms with van der Waals surface area (Å²) in [6.07, 6.45) is 2.05. The van der Waals surface area contributed by atoms with Gasteiger partial charge in [-0.15, -0.1) is 0 Å². The summed E-state index contributed by atoms with van der Waals surface area (Å²) in [5.41, 5.74) is 1.51. The van der Waals surface area contributed by atoms with Gasteiger partial charge in [-0.3, -0.25) is 14.5 Å². The lowest BCUT2D eigenvalue weighted by atomic mass is 9.85. The van der Waals surface area contributed by atoms with Crippen molar-refractivity contribution < 1.29 is 19.1 Å². The van der Waals surface area contributed by atoms with E-state index in [1.165, 1.54) is 0 Å². The fraction of sp³-hybridized carbons (Fsp3) is 0.481. The summed E-state index contributed by atoms with van der Waals surface area (Å²) >= 11 is 0. The van der Waals surface area contributed by atoms with Crippen molar-refractivity contribution in [3.63, 3.8) is 0 Å². The van der Waals surface area contributed by atoms with Gasteiger partial charge >= 0.3 is 5.97 Å². The molecule has 2 aromatic rings. The molecular weight excluding hydrogens is 416 g/mol. The molecular formula is C27H36N2O4. The molecule has 6 heteroatoms. The Hall–Kier alpha value is -2.70. The summed E-state index contributed by atoms with van der Waals surface area (Å²) in [4.78, 5) is 29.5. The number of piperidine rings is 1. The monoisotopic (exact) mass is 452 g/mol. The summed E-state index contributed by atoms with van der Waals surface area (Å²) in [7, 11) is 1.70. The molecule has 1 heterocycles. The Kier molecular flexibility index (Phi) is 9.03. The normalized spacial score (nSPS) is 16.7. The number of likely N-dealkylation sites (tertiary alicyclic amines) is 1. The fourth-order valence-corrected chi connectivity index (χ4v) is 4.63. The summed E-state index contributed by atoms with van der Waals surface area (Å²) in [6.45, 7) is 6.40. The van der Waals surface area contributed by atoms with Crippen LogP contribution in [0.4, 0.5) is 5.69 Å². The second kappa shape index (κ2) is 12.0. The van der Waals surface area contributed by atoms with E-state index in [0.29, 0.717) is 26.0 Å². The van der Waals surface area contributed by atoms with Gasteiger partial charge in [-0.25, -0.2) is 0 Å². The van der Waals surface area contributed by atoms with Crippen LogP contribution in [0.5, 0.6) is 0 Å². The van der Waals surface area contributed by atoms with E-state index in [1.54, 1.807) is 7.11 Å². The largest absolute Gasteiger partial charge is 0.456 e. The Labute approximate surface area is 197 Å². The highest BCUT2D eigenvalue weighted by Crippen LogP contribution is 2.35. The molecule has 1 atom stereocenters. The van der Waals surface area contributed by atoms with Crippen molar-refractivity contribution >= 4 is 17.6 Å². The van der Waals surface area contributed by atoms with Crippen LogP contribution in [0, 0.1) is 0 Å². The number of hydrogen-bond donors (Lipinski definition) is 0. The standard InChI is InChI=1S/C27H36N2O4/c1-4-25(30)29(23-14-10-7-11-15-23)27(21-32-3)16-18-28(19-17-27)20-24(33-26(31)5-2)22-12-8-6-9-13-22/h6-15,24H,4-5,16-21H2,1-3H3. The molecule has 1 aliphatic heterocycles. The molecule has 33 heavy (non-hydrogen) atoms. The summed E-state index contributed by atoms with van der Waals surface area (Å²) in [5, 5.41) is 0. The number of para-hydroxylation sites is 1. The molecule has 0 aromatic heterocycles. The van der Waals surface area contributed by atoms with Gasteiger partial charge in [0.1, 0.15) is 6.10 Å². The van der Waals surface area contributed by atoms with Gasteiger partial charge in [-0.1, -0.05) is 62.4 Å². The van der Waals surface area contributed by atoms with Crippen LogP contribution in [-0.2, 0) is 19.1 Å². The molecule has 1 saturated heterocycles. The molecule has 0 aliphatic carbocycles. The summed E-state index contributed by atoms with van der Waals surface area (Å²) in [5.74, 6) is -0.0934. The Balaban J connectivity index is 1.78. The second-order valence-electron chi connectivity index (χ2n) is 8.62. The second-order valence-corrected chi connectivity index (χ2v) is 8.62. The third-order valence-electron chi connectivity index (χ3n) is 6.40. The van der Waals surface area contributed by atoms with Crippen LogP contribution in [0.1, 0.15) is 51.2 Å². The van der Waals surface area contributed by atoms with E-state index >= 15 is 0 Å². The molecule has 0 bridgehead atoms. The molecule has 178 valence electrons. The lowest BCUT2D eigenvalue weighted by molar-refractivity contribution is -0.150. The summed E-state index contributed by atoms with van der Waals surface area (Å²) < 4.78 is 11.4. The van der Waals surface area contributed by atoms with E-state index < -0.39 is 5.54 Å². The van der Waals surface area contributed by atoms with Gasteiger partial charge in [0.25, 0.3) is 0 Å². The SMILES string of the molecule is CCC(=O)OC(CN1CCC(COC)(N(C(=O)CC)c2ccccc2)CC1)c1ccccc1. The average Bonchev–Trinajstić information content (AvgIpc) is 2.86. The first-order chi connectivity index (χ1) is 16.0. The van der Waals surface area contributed by atoms with Gasteiger partial charge in [0, 0.05) is 45.3 Å². The molecule has 2 aromatic carbocycles. The number of nitrogens with zero attached hydrogens (tertiary/aromatic N) is 2. The molecule has 1 fully saturated rings. The highest BCUT2D eigenvalue weighted by atomic mass is 16.5. The predicted octanol–water partition coefficient (Wildman–Crippen LogP) is 4.61. The zero-order valence-corrected chi connectivity index (χ0v) is 20.0. The maximum Gasteiger partial charge on any atom is 0.306 e. The number of esters is 1. The number of anilines is 1. The van der Waals surface area contributed by atoms with Crippen LogP contribution < -0.4 is 4.90 Å². The molecule has 0 spiro atoms. The summed E-state index contributed by atoms with van der Waals surface area (Å²) in [6, 6.07) is 19.8. The smallest absolute Gasteiger partial charge is 0.306 e. The van der Waals surface area contributed by atoms with Crippen molar-refractivity contribution in [2.75, 3.05) is 38.3 Å². The van der Waals surface area contributed by atoms with Crippen LogP contribution in [0.3, 0.4) is 0 Å². The van der Waals surface area contributed by atoms with E-state index in [2.05, 4.69) is 4.90 Å². The van der Waals surface area contributed by atoms with Gasteiger partial charge in [0.05, 0.1) is 12.1 Å². The lowest BCUT2D eigenvalue weighted by Crippen LogP contribution is -2.60. The van der Waals surface area contributed by atoms with Crippen molar-refractivity contribution in [1.82, 2.24) is 4.90 Å². The topological polar surface area (TPSA) is 59.1 Å². The molecule has 6 nitrogen and oxygen atoms in total. The van der Waals surface area contributed by atoms with Gasteiger partial charge in [0.2, 0.25) is 5.91 Å². The van der Waals surface area contributed by atoms with Gasteiger partial charge in [-0.2, -0.15) is 0 Å². The zero-order chi connectivity index (χ0) is 23.7. The molecule has 1 amide bonds. The van der Waals surface area contributed by atoms with Crippen molar-refractivity contribution in [1.29, 1.82) is 0 Å². The van der Waals surface area contributed by atoms with E-state index in [4.69, 9.17) is 9.47 Å². The molecule has 1 unspecified atom stereocenters. The minimum atomic E-state index is -0.401. The first-order valence-corrected chi connectivity index (χ1v) is 11.9. The van der Waals surface area contributed by atoms with Crippen molar-refractivity contribution in [3.8, 4) is 0 Å². The van der Waals surface area contributed by atoms with Crippen LogP contribution in [0.2, 0.25) is 0 Å². The molecule has 0 N–H and O–H groups in total. The van der Waals surface area contributed by atoms with Crippen LogP contribution in [0.15, 0.2) is 60.7 Å². The van der Waals surface area contributed by atoms with E-state index in [1.807, 2.05) is 79.4 Å². The number of rotatable bonds is 10. The molecule has 3 rings (SSSR count). The van der Waals surface area contributed by atoms with Gasteiger partial charge < -0.3 is 14.4 Å². The Morgan fingerprint density at radius 3 is 2.12 bits per heavy atom. The number of benzene rings is 2. The van der Waals surface area contributed by atoms with E-state index in [-0.39, 0.29) is 18.0 Å². The minimum Gasteiger partial charge on any atom is -0.456 e. The number of hydrogen-bond acceptors (Lipinski definition) is 5. The maximum absolute atomic E-state index is 13.1. The Morgan fingerprint density at radius 1 is 0.970 bits per heavy atom. The Bertz CT molecular complexity index is 880. The van der Waals surface area contributed by atoms with Crippen molar-refractivity contribution in [2.45, 2.75) is 51.2 Å². The highest BCUT2D eigenvalue weighted by molar-refractivity contribution is 5.94. The number of amides is 1. The van der Waals surface area contributed by atoms with Crippen LogP contribution >= 0.6 is 0 Å². The third-order valence-corrected chi connectivity index (χ3v) is 6.40. The maximum atomic E-state index is 13.1. The van der Waals surface area contributed by atoms with Crippen LogP contribution in [0.25, 0.3) is 0 Å². The molecule has 0 saturated carbocycles. The average molecular weight is 453 g/mol. The van der Waals surface area contributed by atoms with Crippen LogP contribution in [-0.4, -0.2) is 55.7 Å². The van der Waals surface area contributed by atoms with Gasteiger partial charge in [-0.05, 0) is 30.5 Å². The number of carbonyl (C=O) groups excluding carboxylic acids is 2. The van der Waals surface area contributed by atoms with Crippen molar-refractivity contribution in [3.05, 3.63) is 66.2 Å². The lowest BCUT2D eigenvalue weighted by Gasteiger charge is -2.48. The number of methoxy groups -OCH3 is 1.